The number of carbonyl (C=O) groups is 1. The van der Waals surface area contributed by atoms with Crippen molar-refractivity contribution in [3.8, 4) is 0 Å². The zero-order chi connectivity index (χ0) is 17.0. The van der Waals surface area contributed by atoms with Gasteiger partial charge >= 0.3 is 0 Å². The van der Waals surface area contributed by atoms with Crippen LogP contribution < -0.4 is 0 Å². The van der Waals surface area contributed by atoms with Crippen LogP contribution in [-0.4, -0.2) is 49.4 Å². The molecule has 0 unspecified atom stereocenters. The topological polar surface area (TPSA) is 57.7 Å². The molecular formula is C16H23FN2O3S. The lowest BCUT2D eigenvalue weighted by Gasteiger charge is -2.32. The fourth-order valence-corrected chi connectivity index (χ4v) is 3.97. The lowest BCUT2D eigenvalue weighted by molar-refractivity contribution is -0.135. The molecule has 1 aliphatic rings. The molecule has 0 saturated carbocycles. The van der Waals surface area contributed by atoms with Gasteiger partial charge in [0, 0.05) is 38.2 Å². The third-order valence-corrected chi connectivity index (χ3v) is 6.18. The number of halogens is 1. The van der Waals surface area contributed by atoms with Crippen LogP contribution in [-0.2, 0) is 21.4 Å². The molecule has 1 saturated heterocycles. The molecule has 23 heavy (non-hydrogen) atoms. The Morgan fingerprint density at radius 2 is 1.91 bits per heavy atom. The summed E-state index contributed by atoms with van der Waals surface area (Å²) in [6.45, 7) is 2.59. The van der Waals surface area contributed by atoms with Crippen molar-refractivity contribution < 1.29 is 17.6 Å². The molecule has 0 aromatic heterocycles. The number of benzene rings is 1. The number of hydrogen-bond acceptors (Lipinski definition) is 3. The number of amides is 1. The molecule has 1 amide bonds. The van der Waals surface area contributed by atoms with Crippen molar-refractivity contribution in [2.24, 2.45) is 5.92 Å². The Labute approximate surface area is 137 Å². The molecule has 7 heteroatoms. The van der Waals surface area contributed by atoms with E-state index in [-0.39, 0.29) is 29.9 Å². The van der Waals surface area contributed by atoms with Crippen LogP contribution in [0, 0.1) is 11.7 Å². The van der Waals surface area contributed by atoms with E-state index in [4.69, 9.17) is 0 Å². The molecule has 0 N–H and O–H groups in total. The fourth-order valence-electron chi connectivity index (χ4n) is 2.84. The normalized spacial score (nSPS) is 17.2. The molecule has 0 radical (unpaired) electrons. The highest BCUT2D eigenvalue weighted by molar-refractivity contribution is 7.89. The smallest absolute Gasteiger partial charge is 0.225 e. The van der Waals surface area contributed by atoms with Crippen LogP contribution in [0.4, 0.5) is 4.39 Å². The number of hydrogen-bond donors (Lipinski definition) is 0. The standard InChI is InChI=1S/C16H23FN2O3S/c1-3-23(21,22)19-10-8-13(9-11-19)16(20)18(2)12-14-6-4-5-7-15(14)17/h4-7,13H,3,8-12H2,1-2H3. The first-order valence-corrected chi connectivity index (χ1v) is 9.42. The molecule has 128 valence electrons. The molecule has 5 nitrogen and oxygen atoms in total. The Hall–Kier alpha value is -1.47. The summed E-state index contributed by atoms with van der Waals surface area (Å²) in [4.78, 5) is 14.0. The van der Waals surface area contributed by atoms with E-state index in [0.29, 0.717) is 31.5 Å². The van der Waals surface area contributed by atoms with Crippen molar-refractivity contribution in [3.63, 3.8) is 0 Å². The minimum atomic E-state index is -3.19. The van der Waals surface area contributed by atoms with Gasteiger partial charge in [0.25, 0.3) is 0 Å². The number of rotatable bonds is 5. The van der Waals surface area contributed by atoms with E-state index in [9.17, 15) is 17.6 Å². The van der Waals surface area contributed by atoms with Crippen molar-refractivity contribution in [1.29, 1.82) is 0 Å². The van der Waals surface area contributed by atoms with Crippen molar-refractivity contribution in [3.05, 3.63) is 35.6 Å². The average molecular weight is 342 g/mol. The first kappa shape index (κ1) is 17.9. The van der Waals surface area contributed by atoms with Gasteiger partial charge in [-0.25, -0.2) is 17.1 Å². The molecule has 1 fully saturated rings. The highest BCUT2D eigenvalue weighted by atomic mass is 32.2. The maximum absolute atomic E-state index is 13.7. The van der Waals surface area contributed by atoms with E-state index >= 15 is 0 Å². The Morgan fingerprint density at radius 1 is 1.30 bits per heavy atom. The van der Waals surface area contributed by atoms with Gasteiger partial charge in [0.15, 0.2) is 0 Å². The highest BCUT2D eigenvalue weighted by Gasteiger charge is 2.31. The summed E-state index contributed by atoms with van der Waals surface area (Å²) in [5.41, 5.74) is 0.481. The minimum Gasteiger partial charge on any atom is -0.341 e. The van der Waals surface area contributed by atoms with Crippen molar-refractivity contribution >= 4 is 15.9 Å². The maximum atomic E-state index is 13.7. The van der Waals surface area contributed by atoms with Crippen LogP contribution in [0.15, 0.2) is 24.3 Å². The minimum absolute atomic E-state index is 0.0539. The van der Waals surface area contributed by atoms with Gasteiger partial charge in [-0.1, -0.05) is 18.2 Å². The van der Waals surface area contributed by atoms with E-state index in [1.54, 1.807) is 32.2 Å². The first-order valence-electron chi connectivity index (χ1n) is 7.81. The van der Waals surface area contributed by atoms with Gasteiger partial charge in [-0.05, 0) is 25.8 Å². The lowest BCUT2D eigenvalue weighted by Crippen LogP contribution is -2.43. The van der Waals surface area contributed by atoms with Gasteiger partial charge in [-0.3, -0.25) is 4.79 Å². The number of carbonyl (C=O) groups excluding carboxylic acids is 1. The zero-order valence-electron chi connectivity index (χ0n) is 13.5. The van der Waals surface area contributed by atoms with Crippen LogP contribution in [0.1, 0.15) is 25.3 Å². The summed E-state index contributed by atoms with van der Waals surface area (Å²) in [6, 6.07) is 6.40. The fraction of sp³-hybridized carbons (Fsp3) is 0.562. The molecule has 0 aliphatic carbocycles. The summed E-state index contributed by atoms with van der Waals surface area (Å²) in [5, 5.41) is 0. The summed E-state index contributed by atoms with van der Waals surface area (Å²) in [7, 11) is -1.53. The Bertz CT molecular complexity index is 655. The second-order valence-electron chi connectivity index (χ2n) is 5.86. The molecular weight excluding hydrogens is 319 g/mol. The molecule has 1 aromatic carbocycles. The summed E-state index contributed by atoms with van der Waals surface area (Å²) in [6.07, 6.45) is 1.03. The molecule has 0 spiro atoms. The largest absolute Gasteiger partial charge is 0.341 e. The number of sulfonamides is 1. The number of piperidine rings is 1. The van der Waals surface area contributed by atoms with Crippen LogP contribution in [0.25, 0.3) is 0 Å². The molecule has 0 bridgehead atoms. The van der Waals surface area contributed by atoms with E-state index in [0.717, 1.165) is 0 Å². The van der Waals surface area contributed by atoms with E-state index < -0.39 is 10.0 Å². The van der Waals surface area contributed by atoms with E-state index in [2.05, 4.69) is 0 Å². The first-order chi connectivity index (χ1) is 10.8. The molecule has 1 aromatic rings. The Kier molecular flexibility index (Phi) is 5.75. The van der Waals surface area contributed by atoms with Gasteiger partial charge in [-0.15, -0.1) is 0 Å². The number of nitrogens with zero attached hydrogens (tertiary/aromatic N) is 2. The maximum Gasteiger partial charge on any atom is 0.225 e. The summed E-state index contributed by atoms with van der Waals surface area (Å²) < 4.78 is 38.8. The predicted octanol–water partition coefficient (Wildman–Crippen LogP) is 1.85. The lowest BCUT2D eigenvalue weighted by atomic mass is 9.96. The molecule has 0 atom stereocenters. The molecule has 1 heterocycles. The van der Waals surface area contributed by atoms with E-state index in [1.807, 2.05) is 0 Å². The van der Waals surface area contributed by atoms with Crippen molar-refractivity contribution in [2.45, 2.75) is 26.3 Å². The predicted molar refractivity (Wildman–Crippen MR) is 86.6 cm³/mol. The van der Waals surface area contributed by atoms with Crippen molar-refractivity contribution in [1.82, 2.24) is 9.21 Å². The van der Waals surface area contributed by atoms with Gasteiger partial charge in [0.1, 0.15) is 5.82 Å². The Balaban J connectivity index is 1.93. The summed E-state index contributed by atoms with van der Waals surface area (Å²) in [5.74, 6) is -0.494. The highest BCUT2D eigenvalue weighted by Crippen LogP contribution is 2.22. The van der Waals surface area contributed by atoms with Crippen molar-refractivity contribution in [2.75, 3.05) is 25.9 Å². The molecule has 1 aliphatic heterocycles. The van der Waals surface area contributed by atoms with Gasteiger partial charge in [-0.2, -0.15) is 0 Å². The second kappa shape index (κ2) is 7.40. The van der Waals surface area contributed by atoms with Gasteiger partial charge in [0.2, 0.25) is 15.9 Å². The monoisotopic (exact) mass is 342 g/mol. The third kappa shape index (κ3) is 4.29. The average Bonchev–Trinajstić information content (AvgIpc) is 2.56. The molecule has 2 rings (SSSR count). The quantitative estimate of drug-likeness (QED) is 0.820. The van der Waals surface area contributed by atoms with E-state index in [1.165, 1.54) is 15.3 Å². The van der Waals surface area contributed by atoms with Gasteiger partial charge in [0.05, 0.1) is 5.75 Å². The van der Waals surface area contributed by atoms with Crippen LogP contribution in [0.5, 0.6) is 0 Å². The summed E-state index contributed by atoms with van der Waals surface area (Å²) >= 11 is 0. The van der Waals surface area contributed by atoms with Crippen LogP contribution >= 0.6 is 0 Å². The van der Waals surface area contributed by atoms with Gasteiger partial charge < -0.3 is 4.90 Å². The zero-order valence-corrected chi connectivity index (χ0v) is 14.4. The SMILES string of the molecule is CCS(=O)(=O)N1CCC(C(=O)N(C)Cc2ccccc2F)CC1. The van der Waals surface area contributed by atoms with Crippen LogP contribution in [0.2, 0.25) is 0 Å². The second-order valence-corrected chi connectivity index (χ2v) is 8.12. The van der Waals surface area contributed by atoms with Crippen LogP contribution in [0.3, 0.4) is 0 Å². The Morgan fingerprint density at radius 3 is 2.48 bits per heavy atom. The third-order valence-electron chi connectivity index (χ3n) is 4.30.